The summed E-state index contributed by atoms with van der Waals surface area (Å²) in [5.41, 5.74) is -0.567. The molecule has 3 aromatic carbocycles. The van der Waals surface area contributed by atoms with E-state index in [2.05, 4.69) is 15.3 Å². The lowest BCUT2D eigenvalue weighted by molar-refractivity contribution is -0.384. The SMILES string of the molecule is Cc1[nH]n(-c2cccc([N+](=O)[O-])c2)c(=O)c1N=Nc1c(O)cc(S(=O)(=O)O)c2ccccc12. The van der Waals surface area contributed by atoms with Gasteiger partial charge in [-0.15, -0.1) is 10.2 Å². The maximum Gasteiger partial charge on any atom is 0.299 e. The zero-order valence-electron chi connectivity index (χ0n) is 16.8. The number of phenols is 1. The first kappa shape index (κ1) is 21.9. The number of H-pyrrole nitrogens is 1. The molecule has 3 N–H and O–H groups in total. The van der Waals surface area contributed by atoms with Crippen molar-refractivity contribution in [1.29, 1.82) is 0 Å². The number of phenolic OH excluding ortho intramolecular Hbond substituents is 1. The lowest BCUT2D eigenvalue weighted by atomic mass is 10.1. The Hall–Kier alpha value is -4.36. The van der Waals surface area contributed by atoms with Gasteiger partial charge >= 0.3 is 0 Å². The van der Waals surface area contributed by atoms with Crippen LogP contribution in [0.25, 0.3) is 16.5 Å². The first-order valence-corrected chi connectivity index (χ1v) is 10.7. The normalized spacial score (nSPS) is 11.9. The van der Waals surface area contributed by atoms with E-state index in [1.54, 1.807) is 19.1 Å². The Morgan fingerprint density at radius 3 is 2.36 bits per heavy atom. The topological polar surface area (TPSA) is 180 Å². The number of rotatable bonds is 5. The van der Waals surface area contributed by atoms with E-state index in [1.807, 2.05) is 0 Å². The Balaban J connectivity index is 1.84. The molecule has 4 rings (SSSR count). The van der Waals surface area contributed by atoms with Crippen molar-refractivity contribution in [3.05, 3.63) is 80.8 Å². The van der Waals surface area contributed by atoms with Gasteiger partial charge in [0.25, 0.3) is 21.4 Å². The molecule has 0 saturated heterocycles. The number of hydrogen-bond acceptors (Lipinski definition) is 8. The van der Waals surface area contributed by atoms with E-state index in [-0.39, 0.29) is 33.5 Å². The molecule has 13 heteroatoms. The molecule has 0 unspecified atom stereocenters. The first-order valence-electron chi connectivity index (χ1n) is 9.28. The molecule has 0 spiro atoms. The van der Waals surface area contributed by atoms with Crippen LogP contribution >= 0.6 is 0 Å². The highest BCUT2D eigenvalue weighted by Crippen LogP contribution is 2.39. The summed E-state index contributed by atoms with van der Waals surface area (Å²) >= 11 is 0. The molecule has 1 heterocycles. The number of aromatic nitrogens is 2. The molecule has 33 heavy (non-hydrogen) atoms. The van der Waals surface area contributed by atoms with Crippen molar-refractivity contribution < 1.29 is 23.0 Å². The number of nitro groups is 1. The predicted molar refractivity (Wildman–Crippen MR) is 117 cm³/mol. The highest BCUT2D eigenvalue weighted by molar-refractivity contribution is 7.86. The zero-order valence-corrected chi connectivity index (χ0v) is 17.6. The standard InChI is InChI=1S/C20H15N5O7S/c1-11-18(20(27)24(23-11)12-5-4-6-13(9-12)25(28)29)21-22-19-15-8-3-2-7-14(15)17(10-16(19)26)33(30,31)32/h2-10,23,26H,1H3,(H,30,31,32). The number of aryl methyl sites for hydroxylation is 1. The number of aromatic amines is 1. The summed E-state index contributed by atoms with van der Waals surface area (Å²) in [4.78, 5) is 22.8. The molecule has 1 aromatic heterocycles. The third-order valence-electron chi connectivity index (χ3n) is 4.83. The minimum atomic E-state index is -4.62. The minimum absolute atomic E-state index is 0.103. The number of nitrogens with one attached hydrogen (secondary N) is 1. The van der Waals surface area contributed by atoms with Gasteiger partial charge in [0.15, 0.2) is 5.69 Å². The number of fused-ring (bicyclic) bond motifs is 1. The van der Waals surface area contributed by atoms with Gasteiger partial charge in [-0.25, -0.2) is 4.68 Å². The van der Waals surface area contributed by atoms with E-state index in [4.69, 9.17) is 0 Å². The van der Waals surface area contributed by atoms with Gasteiger partial charge in [0.05, 0.1) is 16.3 Å². The van der Waals surface area contributed by atoms with Crippen LogP contribution in [0.3, 0.4) is 0 Å². The number of benzene rings is 3. The molecule has 0 aliphatic heterocycles. The summed E-state index contributed by atoms with van der Waals surface area (Å²) in [6, 6.07) is 12.3. The van der Waals surface area contributed by atoms with Crippen molar-refractivity contribution in [2.24, 2.45) is 10.2 Å². The van der Waals surface area contributed by atoms with E-state index in [1.165, 1.54) is 36.4 Å². The summed E-state index contributed by atoms with van der Waals surface area (Å²) in [5, 5.41) is 32.3. The lowest BCUT2D eigenvalue weighted by Crippen LogP contribution is -2.14. The van der Waals surface area contributed by atoms with Crippen LogP contribution in [0, 0.1) is 17.0 Å². The molecule has 0 aliphatic carbocycles. The van der Waals surface area contributed by atoms with Crippen molar-refractivity contribution >= 4 is 38.0 Å². The van der Waals surface area contributed by atoms with E-state index < -0.39 is 31.2 Å². The molecular formula is C20H15N5O7S. The molecule has 168 valence electrons. The number of azo groups is 1. The second-order valence-corrected chi connectivity index (χ2v) is 8.36. The summed E-state index contributed by atoms with van der Waals surface area (Å²) in [7, 11) is -4.62. The quantitative estimate of drug-likeness (QED) is 0.171. The molecule has 4 aromatic rings. The number of nitrogens with zero attached hydrogens (tertiary/aromatic N) is 4. The van der Waals surface area contributed by atoms with Gasteiger partial charge in [-0.2, -0.15) is 8.42 Å². The summed E-state index contributed by atoms with van der Waals surface area (Å²) in [6.45, 7) is 1.54. The smallest absolute Gasteiger partial charge is 0.299 e. The number of nitro benzene ring substituents is 1. The molecule has 0 amide bonds. The molecule has 0 aliphatic rings. The van der Waals surface area contributed by atoms with Gasteiger partial charge in [-0.3, -0.25) is 24.6 Å². The van der Waals surface area contributed by atoms with E-state index >= 15 is 0 Å². The van der Waals surface area contributed by atoms with E-state index in [0.29, 0.717) is 5.69 Å². The Morgan fingerprint density at radius 1 is 1.03 bits per heavy atom. The Morgan fingerprint density at radius 2 is 1.70 bits per heavy atom. The number of non-ortho nitro benzene ring substituents is 1. The maximum absolute atomic E-state index is 12.9. The Bertz CT molecular complexity index is 1620. The number of hydrogen-bond donors (Lipinski definition) is 3. The molecule has 0 saturated carbocycles. The Labute approximate surface area is 185 Å². The van der Waals surface area contributed by atoms with Crippen LogP contribution in [0.5, 0.6) is 5.75 Å². The molecule has 0 radical (unpaired) electrons. The van der Waals surface area contributed by atoms with Crippen molar-refractivity contribution in [3.63, 3.8) is 0 Å². The van der Waals surface area contributed by atoms with Crippen LogP contribution in [0.15, 0.2) is 74.5 Å². The fraction of sp³-hybridized carbons (Fsp3) is 0.0500. The highest BCUT2D eigenvalue weighted by atomic mass is 32.2. The van der Waals surface area contributed by atoms with Gasteiger partial charge in [0.1, 0.15) is 16.3 Å². The van der Waals surface area contributed by atoms with Crippen LogP contribution in [0.1, 0.15) is 5.69 Å². The average molecular weight is 469 g/mol. The largest absolute Gasteiger partial charge is 0.506 e. The highest BCUT2D eigenvalue weighted by Gasteiger charge is 2.20. The zero-order chi connectivity index (χ0) is 23.9. The van der Waals surface area contributed by atoms with Crippen molar-refractivity contribution in [2.45, 2.75) is 11.8 Å². The maximum atomic E-state index is 12.9. The Kier molecular flexibility index (Phi) is 5.27. The van der Waals surface area contributed by atoms with Crippen LogP contribution < -0.4 is 5.56 Å². The van der Waals surface area contributed by atoms with Gasteiger partial charge in [-0.05, 0) is 13.0 Å². The molecule has 0 fully saturated rings. The third-order valence-corrected chi connectivity index (χ3v) is 5.72. The second kappa shape index (κ2) is 7.96. The summed E-state index contributed by atoms with van der Waals surface area (Å²) in [6.07, 6.45) is 0. The molecule has 12 nitrogen and oxygen atoms in total. The lowest BCUT2D eigenvalue weighted by Gasteiger charge is -2.08. The average Bonchev–Trinajstić information content (AvgIpc) is 3.05. The van der Waals surface area contributed by atoms with Crippen molar-refractivity contribution in [3.8, 4) is 11.4 Å². The van der Waals surface area contributed by atoms with Crippen molar-refractivity contribution in [2.75, 3.05) is 0 Å². The fourth-order valence-corrected chi connectivity index (χ4v) is 4.03. The molecule has 0 atom stereocenters. The summed E-state index contributed by atoms with van der Waals surface area (Å²) < 4.78 is 33.9. The van der Waals surface area contributed by atoms with Crippen molar-refractivity contribution in [1.82, 2.24) is 9.78 Å². The number of aromatic hydroxyl groups is 1. The van der Waals surface area contributed by atoms with E-state index in [0.717, 1.165) is 10.7 Å². The van der Waals surface area contributed by atoms with Gasteiger partial charge < -0.3 is 5.11 Å². The fourth-order valence-electron chi connectivity index (χ4n) is 3.31. The van der Waals surface area contributed by atoms with Crippen LogP contribution in [0.4, 0.5) is 17.1 Å². The van der Waals surface area contributed by atoms with Crippen LogP contribution in [0.2, 0.25) is 0 Å². The predicted octanol–water partition coefficient (Wildman–Crippen LogP) is 3.90. The molecule has 0 bridgehead atoms. The van der Waals surface area contributed by atoms with E-state index in [9.17, 15) is 33.0 Å². The minimum Gasteiger partial charge on any atom is -0.506 e. The van der Waals surface area contributed by atoms with Gasteiger partial charge in [-0.1, -0.05) is 30.3 Å². The monoisotopic (exact) mass is 469 g/mol. The first-order chi connectivity index (χ1) is 15.6. The van der Waals surface area contributed by atoms with Gasteiger partial charge in [0.2, 0.25) is 0 Å². The van der Waals surface area contributed by atoms with Crippen LogP contribution in [-0.2, 0) is 10.1 Å². The second-order valence-electron chi connectivity index (χ2n) is 6.97. The van der Waals surface area contributed by atoms with Gasteiger partial charge in [0, 0.05) is 29.0 Å². The molecular weight excluding hydrogens is 454 g/mol. The van der Waals surface area contributed by atoms with Crippen LogP contribution in [-0.4, -0.2) is 32.8 Å². The third kappa shape index (κ3) is 3.97. The summed E-state index contributed by atoms with van der Waals surface area (Å²) in [5.74, 6) is -0.572.